The highest BCUT2D eigenvalue weighted by atomic mass is 16.3. The standard InChI is InChI=1S/C20H30N2O3/c1-4-15(5-2)19(24)13-21-20(25)12-18-17-9-7-6-8-16(17)10-11-22(18)14(3)23/h6-9,15,18-19,24H,4-5,10-13H2,1-3H3,(H,21,25). The van der Waals surface area contributed by atoms with Crippen LogP contribution in [0.5, 0.6) is 0 Å². The SMILES string of the molecule is CCC(CC)C(O)CNC(=O)CC1c2ccccc2CCN1C(C)=O. The third kappa shape index (κ3) is 4.82. The highest BCUT2D eigenvalue weighted by molar-refractivity contribution is 5.79. The number of hydrogen-bond donors (Lipinski definition) is 2. The normalized spacial score (nSPS) is 18.0. The molecule has 0 saturated heterocycles. The minimum Gasteiger partial charge on any atom is -0.391 e. The zero-order valence-electron chi connectivity index (χ0n) is 15.5. The summed E-state index contributed by atoms with van der Waals surface area (Å²) in [6.45, 7) is 6.54. The fraction of sp³-hybridized carbons (Fsp3) is 0.600. The molecule has 0 spiro atoms. The van der Waals surface area contributed by atoms with Crippen LogP contribution in [-0.2, 0) is 16.0 Å². The first kappa shape index (κ1) is 19.4. The summed E-state index contributed by atoms with van der Waals surface area (Å²) in [4.78, 5) is 26.2. The largest absolute Gasteiger partial charge is 0.391 e. The van der Waals surface area contributed by atoms with Crippen LogP contribution in [0.2, 0.25) is 0 Å². The Morgan fingerprint density at radius 2 is 1.96 bits per heavy atom. The van der Waals surface area contributed by atoms with E-state index in [-0.39, 0.29) is 36.7 Å². The van der Waals surface area contributed by atoms with Gasteiger partial charge in [0.05, 0.1) is 18.6 Å². The van der Waals surface area contributed by atoms with E-state index in [1.165, 1.54) is 5.56 Å². The van der Waals surface area contributed by atoms with Gasteiger partial charge in [-0.1, -0.05) is 51.0 Å². The smallest absolute Gasteiger partial charge is 0.222 e. The first-order valence-corrected chi connectivity index (χ1v) is 9.27. The number of benzene rings is 1. The molecule has 2 amide bonds. The van der Waals surface area contributed by atoms with Crippen LogP contribution in [0.25, 0.3) is 0 Å². The maximum atomic E-state index is 12.4. The highest BCUT2D eigenvalue weighted by Gasteiger charge is 2.30. The molecule has 0 radical (unpaired) electrons. The second kappa shape index (κ2) is 8.99. The van der Waals surface area contributed by atoms with Crippen LogP contribution in [0.4, 0.5) is 0 Å². The number of rotatable bonds is 7. The zero-order chi connectivity index (χ0) is 18.4. The molecule has 1 heterocycles. The van der Waals surface area contributed by atoms with Gasteiger partial charge in [0.2, 0.25) is 11.8 Å². The van der Waals surface area contributed by atoms with Crippen LogP contribution in [0, 0.1) is 5.92 Å². The molecule has 5 nitrogen and oxygen atoms in total. The van der Waals surface area contributed by atoms with Crippen molar-refractivity contribution in [3.63, 3.8) is 0 Å². The van der Waals surface area contributed by atoms with E-state index in [1.54, 1.807) is 11.8 Å². The van der Waals surface area contributed by atoms with E-state index in [4.69, 9.17) is 0 Å². The first-order valence-electron chi connectivity index (χ1n) is 9.27. The van der Waals surface area contributed by atoms with Crippen molar-refractivity contribution in [2.24, 2.45) is 5.92 Å². The highest BCUT2D eigenvalue weighted by Crippen LogP contribution is 2.32. The first-order chi connectivity index (χ1) is 12.0. The van der Waals surface area contributed by atoms with Gasteiger partial charge in [-0.2, -0.15) is 0 Å². The predicted molar refractivity (Wildman–Crippen MR) is 98.0 cm³/mol. The Labute approximate surface area is 150 Å². The number of carbonyl (C=O) groups is 2. The second-order valence-electron chi connectivity index (χ2n) is 6.83. The molecule has 25 heavy (non-hydrogen) atoms. The zero-order valence-corrected chi connectivity index (χ0v) is 15.5. The minimum absolute atomic E-state index is 0.00984. The monoisotopic (exact) mass is 346 g/mol. The third-order valence-electron chi connectivity index (χ3n) is 5.30. The number of carbonyl (C=O) groups excluding carboxylic acids is 2. The average Bonchev–Trinajstić information content (AvgIpc) is 2.61. The number of aliphatic hydroxyl groups excluding tert-OH is 1. The van der Waals surface area contributed by atoms with Gasteiger partial charge in [-0.25, -0.2) is 0 Å². The molecule has 2 rings (SSSR count). The molecule has 138 valence electrons. The fourth-order valence-electron chi connectivity index (χ4n) is 3.71. The third-order valence-corrected chi connectivity index (χ3v) is 5.30. The lowest BCUT2D eigenvalue weighted by Gasteiger charge is -2.36. The van der Waals surface area contributed by atoms with Crippen molar-refractivity contribution in [1.29, 1.82) is 0 Å². The molecular weight excluding hydrogens is 316 g/mol. The molecule has 2 N–H and O–H groups in total. The Kier molecular flexibility index (Phi) is 7.00. The summed E-state index contributed by atoms with van der Waals surface area (Å²) in [5, 5.41) is 13.0. The minimum atomic E-state index is -0.526. The van der Waals surface area contributed by atoms with Gasteiger partial charge in [-0.15, -0.1) is 0 Å². The number of nitrogens with zero attached hydrogens (tertiary/aromatic N) is 1. The lowest BCUT2D eigenvalue weighted by molar-refractivity contribution is -0.133. The molecule has 2 atom stereocenters. The predicted octanol–water partition coefficient (Wildman–Crippen LogP) is 2.44. The molecule has 1 aliphatic heterocycles. The van der Waals surface area contributed by atoms with Crippen molar-refractivity contribution in [2.75, 3.05) is 13.1 Å². The summed E-state index contributed by atoms with van der Waals surface area (Å²) in [7, 11) is 0. The van der Waals surface area contributed by atoms with Gasteiger partial charge in [0.1, 0.15) is 0 Å². The molecule has 0 aromatic heterocycles. The second-order valence-corrected chi connectivity index (χ2v) is 6.83. The topological polar surface area (TPSA) is 69.6 Å². The Bertz CT molecular complexity index is 598. The van der Waals surface area contributed by atoms with E-state index < -0.39 is 6.10 Å². The molecule has 1 aromatic rings. The molecule has 1 aromatic carbocycles. The van der Waals surface area contributed by atoms with Crippen molar-refractivity contribution in [3.05, 3.63) is 35.4 Å². The van der Waals surface area contributed by atoms with Gasteiger partial charge >= 0.3 is 0 Å². The maximum absolute atomic E-state index is 12.4. The van der Waals surface area contributed by atoms with E-state index in [1.807, 2.05) is 32.0 Å². The Balaban J connectivity index is 2.03. The Morgan fingerprint density at radius 3 is 2.60 bits per heavy atom. The Hall–Kier alpha value is -1.88. The van der Waals surface area contributed by atoms with Crippen molar-refractivity contribution >= 4 is 11.8 Å². The number of fused-ring (bicyclic) bond motifs is 1. The molecule has 1 aliphatic rings. The van der Waals surface area contributed by atoms with Crippen LogP contribution in [0.3, 0.4) is 0 Å². The summed E-state index contributed by atoms with van der Waals surface area (Å²) in [6.07, 6.45) is 2.30. The van der Waals surface area contributed by atoms with E-state index in [9.17, 15) is 14.7 Å². The summed E-state index contributed by atoms with van der Waals surface area (Å²) < 4.78 is 0. The lowest BCUT2D eigenvalue weighted by atomic mass is 9.90. The van der Waals surface area contributed by atoms with Gasteiger partial charge in [0.25, 0.3) is 0 Å². The van der Waals surface area contributed by atoms with Gasteiger partial charge in [0, 0.05) is 20.0 Å². The molecule has 0 bridgehead atoms. The van der Waals surface area contributed by atoms with E-state index >= 15 is 0 Å². The van der Waals surface area contributed by atoms with Gasteiger partial charge in [0.15, 0.2) is 0 Å². The van der Waals surface area contributed by atoms with Crippen LogP contribution < -0.4 is 5.32 Å². The molecular formula is C20H30N2O3. The molecule has 0 aliphatic carbocycles. The van der Waals surface area contributed by atoms with Crippen LogP contribution in [0.15, 0.2) is 24.3 Å². The summed E-state index contributed by atoms with van der Waals surface area (Å²) >= 11 is 0. The fourth-order valence-corrected chi connectivity index (χ4v) is 3.71. The van der Waals surface area contributed by atoms with Crippen LogP contribution >= 0.6 is 0 Å². The van der Waals surface area contributed by atoms with Crippen molar-refractivity contribution in [3.8, 4) is 0 Å². The quantitative estimate of drug-likeness (QED) is 0.797. The van der Waals surface area contributed by atoms with Crippen LogP contribution in [0.1, 0.15) is 57.2 Å². The number of hydrogen-bond acceptors (Lipinski definition) is 3. The van der Waals surface area contributed by atoms with Gasteiger partial charge in [-0.3, -0.25) is 9.59 Å². The van der Waals surface area contributed by atoms with E-state index in [0.717, 1.165) is 24.8 Å². The molecule has 2 unspecified atom stereocenters. The summed E-state index contributed by atoms with van der Waals surface area (Å²) in [5.41, 5.74) is 2.26. The molecule has 0 fully saturated rings. The maximum Gasteiger partial charge on any atom is 0.222 e. The average molecular weight is 346 g/mol. The van der Waals surface area contributed by atoms with Gasteiger partial charge in [-0.05, 0) is 23.5 Å². The van der Waals surface area contributed by atoms with E-state index in [2.05, 4.69) is 11.4 Å². The molecule has 0 saturated carbocycles. The van der Waals surface area contributed by atoms with Crippen molar-refractivity contribution < 1.29 is 14.7 Å². The lowest BCUT2D eigenvalue weighted by Crippen LogP contribution is -2.42. The number of nitrogens with one attached hydrogen (secondary N) is 1. The van der Waals surface area contributed by atoms with E-state index in [0.29, 0.717) is 6.54 Å². The van der Waals surface area contributed by atoms with Crippen LogP contribution in [-0.4, -0.2) is 41.0 Å². The van der Waals surface area contributed by atoms with Gasteiger partial charge < -0.3 is 15.3 Å². The Morgan fingerprint density at radius 1 is 1.28 bits per heavy atom. The molecule has 5 heteroatoms. The summed E-state index contributed by atoms with van der Waals surface area (Å²) in [6, 6.07) is 7.78. The summed E-state index contributed by atoms with van der Waals surface area (Å²) in [5.74, 6) is 0.0618. The van der Waals surface area contributed by atoms with Crippen molar-refractivity contribution in [2.45, 2.75) is 58.6 Å². The number of aliphatic hydroxyl groups is 1. The number of amides is 2. The van der Waals surface area contributed by atoms with Crippen molar-refractivity contribution in [1.82, 2.24) is 10.2 Å².